The van der Waals surface area contributed by atoms with Crippen LogP contribution in [0.2, 0.25) is 0 Å². The van der Waals surface area contributed by atoms with Crippen molar-refractivity contribution in [2.24, 2.45) is 0 Å². The van der Waals surface area contributed by atoms with Gasteiger partial charge >= 0.3 is 5.97 Å². The molecular weight excluding hydrogens is 366 g/mol. The second-order valence-electron chi connectivity index (χ2n) is 6.25. The lowest BCUT2D eigenvalue weighted by molar-refractivity contribution is -0.146. The van der Waals surface area contributed by atoms with Crippen molar-refractivity contribution >= 4 is 35.0 Å². The molecule has 2 amide bonds. The number of nitrogens with zero attached hydrogens (tertiary/aromatic N) is 1. The van der Waals surface area contributed by atoms with Gasteiger partial charge < -0.3 is 9.47 Å². The number of amides is 2. The quantitative estimate of drug-likeness (QED) is 0.356. The van der Waals surface area contributed by atoms with Crippen LogP contribution in [0.4, 0.5) is 4.79 Å². The lowest BCUT2D eigenvalue weighted by atomic mass is 10.2. The van der Waals surface area contributed by atoms with Crippen molar-refractivity contribution in [1.82, 2.24) is 4.90 Å². The molecule has 7 heteroatoms. The van der Waals surface area contributed by atoms with Crippen LogP contribution in [0.3, 0.4) is 0 Å². The van der Waals surface area contributed by atoms with Crippen LogP contribution in [0.5, 0.6) is 5.75 Å². The minimum atomic E-state index is -0.571. The number of ether oxygens (including phenoxy) is 2. The average Bonchev–Trinajstić information content (AvgIpc) is 2.91. The van der Waals surface area contributed by atoms with Crippen LogP contribution >= 0.6 is 11.8 Å². The van der Waals surface area contributed by atoms with E-state index in [1.807, 2.05) is 38.1 Å². The summed E-state index contributed by atoms with van der Waals surface area (Å²) in [7, 11) is 0. The van der Waals surface area contributed by atoms with Crippen molar-refractivity contribution in [3.63, 3.8) is 0 Å². The Kier molecular flexibility index (Phi) is 7.91. The topological polar surface area (TPSA) is 72.9 Å². The van der Waals surface area contributed by atoms with E-state index in [1.54, 1.807) is 6.08 Å². The van der Waals surface area contributed by atoms with Gasteiger partial charge in [-0.15, -0.1) is 0 Å². The molecule has 1 aromatic rings. The van der Waals surface area contributed by atoms with Gasteiger partial charge in [-0.05, 0) is 55.3 Å². The van der Waals surface area contributed by atoms with Crippen molar-refractivity contribution in [2.45, 2.75) is 46.1 Å². The molecule has 1 atom stereocenters. The third kappa shape index (κ3) is 6.13. The van der Waals surface area contributed by atoms with Crippen LogP contribution in [-0.2, 0) is 14.3 Å². The molecule has 1 aliphatic heterocycles. The van der Waals surface area contributed by atoms with Gasteiger partial charge in [0, 0.05) is 0 Å². The van der Waals surface area contributed by atoms with Crippen LogP contribution in [0.1, 0.15) is 45.6 Å². The number of rotatable bonds is 9. The van der Waals surface area contributed by atoms with E-state index in [0.717, 1.165) is 47.2 Å². The van der Waals surface area contributed by atoms with Crippen LogP contribution in [-0.4, -0.2) is 41.3 Å². The van der Waals surface area contributed by atoms with Gasteiger partial charge in [-0.1, -0.05) is 32.4 Å². The first kappa shape index (κ1) is 21.0. The molecule has 0 N–H and O–H groups in total. The number of carbonyl (C=O) groups is 3. The maximum absolute atomic E-state index is 12.4. The van der Waals surface area contributed by atoms with Gasteiger partial charge in [0.05, 0.1) is 17.6 Å². The molecule has 0 bridgehead atoms. The zero-order chi connectivity index (χ0) is 19.8. The zero-order valence-electron chi connectivity index (χ0n) is 15.9. The molecule has 0 radical (unpaired) electrons. The highest BCUT2D eigenvalue weighted by Gasteiger charge is 2.36. The van der Waals surface area contributed by atoms with E-state index in [4.69, 9.17) is 9.47 Å². The van der Waals surface area contributed by atoms with Crippen molar-refractivity contribution in [3.05, 3.63) is 34.7 Å². The van der Waals surface area contributed by atoms with Crippen LogP contribution < -0.4 is 4.74 Å². The molecule has 0 aromatic heterocycles. The number of imide groups is 1. The van der Waals surface area contributed by atoms with Gasteiger partial charge in [0.1, 0.15) is 12.3 Å². The maximum atomic E-state index is 12.4. The summed E-state index contributed by atoms with van der Waals surface area (Å²) in [6.45, 7) is 5.98. The van der Waals surface area contributed by atoms with E-state index in [0.29, 0.717) is 6.61 Å². The number of esters is 1. The first-order valence-corrected chi connectivity index (χ1v) is 9.94. The van der Waals surface area contributed by atoms with Crippen molar-refractivity contribution in [1.29, 1.82) is 0 Å². The highest BCUT2D eigenvalue weighted by atomic mass is 32.2. The molecule has 1 fully saturated rings. The van der Waals surface area contributed by atoms with Gasteiger partial charge in [0.15, 0.2) is 0 Å². The highest BCUT2D eigenvalue weighted by molar-refractivity contribution is 8.18. The first-order valence-electron chi connectivity index (χ1n) is 9.12. The summed E-state index contributed by atoms with van der Waals surface area (Å²) in [6.07, 6.45) is 4.34. The molecule has 1 saturated heterocycles. The average molecular weight is 391 g/mol. The zero-order valence-corrected chi connectivity index (χ0v) is 16.7. The third-order valence-corrected chi connectivity index (χ3v) is 4.92. The molecule has 0 aliphatic carbocycles. The number of benzene rings is 1. The predicted octanol–water partition coefficient (Wildman–Crippen LogP) is 4.24. The number of thioether (sulfide) groups is 1. The van der Waals surface area contributed by atoms with Crippen molar-refractivity contribution < 1.29 is 23.9 Å². The van der Waals surface area contributed by atoms with Gasteiger partial charge in [-0.3, -0.25) is 19.3 Å². The van der Waals surface area contributed by atoms with Gasteiger partial charge in [-0.2, -0.15) is 0 Å². The summed E-state index contributed by atoms with van der Waals surface area (Å²) in [6, 6.07) is 7.30. The fraction of sp³-hybridized carbons (Fsp3) is 0.450. The molecule has 1 aliphatic rings. The maximum Gasteiger partial charge on any atom is 0.326 e. The van der Waals surface area contributed by atoms with E-state index in [-0.39, 0.29) is 17.6 Å². The van der Waals surface area contributed by atoms with E-state index >= 15 is 0 Å². The molecule has 2 rings (SSSR count). The van der Waals surface area contributed by atoms with Crippen molar-refractivity contribution in [3.8, 4) is 5.75 Å². The van der Waals surface area contributed by atoms with Crippen LogP contribution in [0.15, 0.2) is 29.2 Å². The lowest BCUT2D eigenvalue weighted by Crippen LogP contribution is -2.34. The minimum absolute atomic E-state index is 0.129. The number of carbonyl (C=O) groups excluding carboxylic acids is 3. The summed E-state index contributed by atoms with van der Waals surface area (Å²) >= 11 is 0.825. The standard InChI is InChI=1S/C20H25NO5S/c1-4-6-11-25-18(22)13-21-19(23)17(27-20(21)24)12-15-7-9-16(10-8-15)26-14(3)5-2/h7-10,12,14H,4-6,11,13H2,1-3H3/b17-12-/t14-/m1/s1. The van der Waals surface area contributed by atoms with E-state index in [9.17, 15) is 14.4 Å². The van der Waals surface area contributed by atoms with E-state index in [2.05, 4.69) is 6.92 Å². The molecule has 27 heavy (non-hydrogen) atoms. The lowest BCUT2D eigenvalue weighted by Gasteiger charge is -2.12. The Bertz CT molecular complexity index is 714. The third-order valence-electron chi connectivity index (χ3n) is 4.01. The molecule has 0 saturated carbocycles. The van der Waals surface area contributed by atoms with Crippen LogP contribution in [0, 0.1) is 0 Å². The van der Waals surface area contributed by atoms with E-state index in [1.165, 1.54) is 0 Å². The summed E-state index contributed by atoms with van der Waals surface area (Å²) in [5.74, 6) is -0.291. The Balaban J connectivity index is 1.99. The molecule has 0 spiro atoms. The summed E-state index contributed by atoms with van der Waals surface area (Å²) in [5, 5.41) is -0.463. The Hall–Kier alpha value is -2.28. The molecular formula is C20H25NO5S. The predicted molar refractivity (Wildman–Crippen MR) is 105 cm³/mol. The van der Waals surface area contributed by atoms with E-state index < -0.39 is 17.1 Å². The molecule has 146 valence electrons. The SMILES string of the molecule is CCCCOC(=O)CN1C(=O)S/C(=C\c2ccc(O[C@H](C)CC)cc2)C1=O. The summed E-state index contributed by atoms with van der Waals surface area (Å²) in [5.41, 5.74) is 0.780. The van der Waals surface area contributed by atoms with Crippen molar-refractivity contribution in [2.75, 3.05) is 13.2 Å². The van der Waals surface area contributed by atoms with Gasteiger partial charge in [0.25, 0.3) is 11.1 Å². The second kappa shape index (κ2) is 10.2. The second-order valence-corrected chi connectivity index (χ2v) is 7.24. The number of hydrogen-bond acceptors (Lipinski definition) is 6. The van der Waals surface area contributed by atoms with Gasteiger partial charge in [0.2, 0.25) is 0 Å². The Labute approximate surface area is 163 Å². The fourth-order valence-corrected chi connectivity index (χ4v) is 3.09. The summed E-state index contributed by atoms with van der Waals surface area (Å²) < 4.78 is 10.7. The highest BCUT2D eigenvalue weighted by Crippen LogP contribution is 2.32. The molecule has 1 heterocycles. The molecule has 6 nitrogen and oxygen atoms in total. The minimum Gasteiger partial charge on any atom is -0.491 e. The molecule has 0 unspecified atom stereocenters. The number of hydrogen-bond donors (Lipinski definition) is 0. The van der Waals surface area contributed by atoms with Crippen LogP contribution in [0.25, 0.3) is 6.08 Å². The monoisotopic (exact) mass is 391 g/mol. The Morgan fingerprint density at radius 2 is 1.93 bits per heavy atom. The smallest absolute Gasteiger partial charge is 0.326 e. The Morgan fingerprint density at radius 1 is 1.22 bits per heavy atom. The fourth-order valence-electron chi connectivity index (χ4n) is 2.25. The largest absolute Gasteiger partial charge is 0.491 e. The number of unbranched alkanes of at least 4 members (excludes halogenated alkanes) is 1. The van der Waals surface area contributed by atoms with Gasteiger partial charge in [-0.25, -0.2) is 0 Å². The summed E-state index contributed by atoms with van der Waals surface area (Å²) in [4.78, 5) is 37.5. The first-order chi connectivity index (χ1) is 12.9. The Morgan fingerprint density at radius 3 is 2.56 bits per heavy atom. The molecule has 1 aromatic carbocycles. The normalized spacial score (nSPS) is 16.7.